The molecule has 0 radical (unpaired) electrons. The van der Waals surface area contributed by atoms with E-state index in [2.05, 4.69) is 13.5 Å². The van der Waals surface area contributed by atoms with E-state index >= 15 is 0 Å². The Bertz CT molecular complexity index is 313. The molecule has 1 spiro atoms. The van der Waals surface area contributed by atoms with Gasteiger partial charge >= 0.3 is 5.97 Å². The summed E-state index contributed by atoms with van der Waals surface area (Å²) in [7, 11) is 0. The maximum atomic E-state index is 11.8. The molecule has 16 heavy (non-hydrogen) atoms. The molecule has 1 aliphatic heterocycles. The second kappa shape index (κ2) is 3.90. The van der Waals surface area contributed by atoms with Crippen molar-refractivity contribution in [2.75, 3.05) is 0 Å². The third-order valence-corrected chi connectivity index (χ3v) is 4.37. The van der Waals surface area contributed by atoms with Gasteiger partial charge in [-0.2, -0.15) is 0 Å². The van der Waals surface area contributed by atoms with E-state index < -0.39 is 0 Å². The van der Waals surface area contributed by atoms with Crippen molar-refractivity contribution in [3.05, 3.63) is 12.2 Å². The largest absolute Gasteiger partial charge is 0.459 e. The first-order chi connectivity index (χ1) is 7.46. The van der Waals surface area contributed by atoms with Gasteiger partial charge < -0.3 is 4.74 Å². The molecule has 0 amide bonds. The monoisotopic (exact) mass is 222 g/mol. The summed E-state index contributed by atoms with van der Waals surface area (Å²) in [5.74, 6) is -0.0290. The van der Waals surface area contributed by atoms with Gasteiger partial charge in [0.15, 0.2) is 0 Å². The van der Waals surface area contributed by atoms with Crippen LogP contribution >= 0.6 is 0 Å². The fourth-order valence-electron chi connectivity index (χ4n) is 3.18. The van der Waals surface area contributed by atoms with Crippen LogP contribution in [0.15, 0.2) is 12.2 Å². The van der Waals surface area contributed by atoms with Crippen LogP contribution in [0.2, 0.25) is 0 Å². The zero-order valence-electron chi connectivity index (χ0n) is 10.5. The quantitative estimate of drug-likeness (QED) is 0.500. The van der Waals surface area contributed by atoms with E-state index in [9.17, 15) is 4.79 Å². The minimum Gasteiger partial charge on any atom is -0.459 e. The molecule has 0 aromatic rings. The maximum Gasteiger partial charge on any atom is 0.307 e. The summed E-state index contributed by atoms with van der Waals surface area (Å²) in [6.45, 7) is 8.25. The molecule has 2 fully saturated rings. The van der Waals surface area contributed by atoms with Gasteiger partial charge in [0.2, 0.25) is 0 Å². The third kappa shape index (κ3) is 2.02. The molecule has 90 valence electrons. The van der Waals surface area contributed by atoms with E-state index in [0.29, 0.717) is 6.42 Å². The minimum atomic E-state index is -0.165. The Hall–Kier alpha value is -0.790. The highest BCUT2D eigenvalue weighted by atomic mass is 16.6. The second-order valence-corrected chi connectivity index (χ2v) is 5.91. The Balaban J connectivity index is 2.22. The number of ether oxygens (including phenoxy) is 1. The Morgan fingerprint density at radius 3 is 2.50 bits per heavy atom. The number of rotatable bonds is 1. The lowest BCUT2D eigenvalue weighted by atomic mass is 9.66. The molecule has 1 saturated carbocycles. The van der Waals surface area contributed by atoms with Crippen molar-refractivity contribution in [1.29, 1.82) is 0 Å². The molecule has 1 atom stereocenters. The average molecular weight is 222 g/mol. The van der Waals surface area contributed by atoms with Gasteiger partial charge in [-0.1, -0.05) is 25.5 Å². The van der Waals surface area contributed by atoms with E-state index in [0.717, 1.165) is 24.8 Å². The fraction of sp³-hybridized carbons (Fsp3) is 0.786. The van der Waals surface area contributed by atoms with E-state index in [4.69, 9.17) is 4.74 Å². The van der Waals surface area contributed by atoms with Crippen LogP contribution in [0.4, 0.5) is 0 Å². The molecule has 2 heteroatoms. The highest BCUT2D eigenvalue weighted by Crippen LogP contribution is 2.49. The van der Waals surface area contributed by atoms with Crippen molar-refractivity contribution >= 4 is 5.97 Å². The van der Waals surface area contributed by atoms with Gasteiger partial charge in [-0.3, -0.25) is 4.79 Å². The van der Waals surface area contributed by atoms with Gasteiger partial charge in [0.25, 0.3) is 0 Å². The second-order valence-electron chi connectivity index (χ2n) is 5.91. The van der Waals surface area contributed by atoms with Crippen molar-refractivity contribution in [2.45, 2.75) is 64.4 Å². The molecular weight excluding hydrogens is 200 g/mol. The van der Waals surface area contributed by atoms with Gasteiger partial charge in [-0.25, -0.2) is 0 Å². The van der Waals surface area contributed by atoms with Gasteiger partial charge in [0.1, 0.15) is 5.60 Å². The molecule has 0 bridgehead atoms. The number of allylic oxidation sites excluding steroid dienone is 1. The molecule has 2 aliphatic rings. The van der Waals surface area contributed by atoms with E-state index in [1.807, 2.05) is 6.92 Å². The molecule has 1 saturated heterocycles. The van der Waals surface area contributed by atoms with Gasteiger partial charge in [0, 0.05) is 5.41 Å². The van der Waals surface area contributed by atoms with Crippen LogP contribution in [0.25, 0.3) is 0 Å². The van der Waals surface area contributed by atoms with Crippen LogP contribution in [0.1, 0.15) is 58.8 Å². The summed E-state index contributed by atoms with van der Waals surface area (Å²) in [6, 6.07) is 0. The molecule has 0 aromatic heterocycles. The fourth-order valence-corrected chi connectivity index (χ4v) is 3.18. The molecule has 0 N–H and O–H groups in total. The molecule has 1 aliphatic carbocycles. The molecule has 1 unspecified atom stereocenters. The number of hydrogen-bond donors (Lipinski definition) is 0. The van der Waals surface area contributed by atoms with Crippen molar-refractivity contribution in [1.82, 2.24) is 0 Å². The highest BCUT2D eigenvalue weighted by Gasteiger charge is 2.48. The smallest absolute Gasteiger partial charge is 0.307 e. The van der Waals surface area contributed by atoms with Gasteiger partial charge in [-0.15, -0.1) is 0 Å². The Kier molecular flexibility index (Phi) is 2.85. The summed E-state index contributed by atoms with van der Waals surface area (Å²) in [5.41, 5.74) is 0.905. The van der Waals surface area contributed by atoms with E-state index in [1.54, 1.807) is 0 Å². The summed E-state index contributed by atoms with van der Waals surface area (Å²) >= 11 is 0. The predicted molar refractivity (Wildman–Crippen MR) is 64.1 cm³/mol. The predicted octanol–water partition coefficient (Wildman–Crippen LogP) is 3.61. The first-order valence-corrected chi connectivity index (χ1v) is 6.34. The Labute approximate surface area is 98.1 Å². The number of hydrogen-bond acceptors (Lipinski definition) is 2. The molecular formula is C14H22O2. The first kappa shape index (κ1) is 11.7. The topological polar surface area (TPSA) is 26.3 Å². The minimum absolute atomic E-state index is 0.0290. The lowest BCUT2D eigenvalue weighted by Crippen LogP contribution is -2.47. The Morgan fingerprint density at radius 2 is 1.94 bits per heavy atom. The van der Waals surface area contributed by atoms with Crippen molar-refractivity contribution in [3.8, 4) is 0 Å². The summed E-state index contributed by atoms with van der Waals surface area (Å²) in [6.07, 6.45) is 7.23. The highest BCUT2D eigenvalue weighted by molar-refractivity contribution is 5.72. The summed E-state index contributed by atoms with van der Waals surface area (Å²) < 4.78 is 5.68. The van der Waals surface area contributed by atoms with Gasteiger partial charge in [-0.05, 0) is 39.0 Å². The first-order valence-electron chi connectivity index (χ1n) is 6.34. The van der Waals surface area contributed by atoms with Crippen LogP contribution < -0.4 is 0 Å². The molecule has 0 aromatic carbocycles. The normalized spacial score (nSPS) is 33.5. The number of carbonyl (C=O) groups excluding carboxylic acids is 1. The maximum absolute atomic E-state index is 11.8. The van der Waals surface area contributed by atoms with E-state index in [1.165, 1.54) is 19.3 Å². The summed E-state index contributed by atoms with van der Waals surface area (Å²) in [5, 5.41) is 0. The van der Waals surface area contributed by atoms with Gasteiger partial charge in [0.05, 0.1) is 6.42 Å². The molecule has 2 rings (SSSR count). The van der Waals surface area contributed by atoms with Crippen LogP contribution in [-0.2, 0) is 9.53 Å². The van der Waals surface area contributed by atoms with Crippen molar-refractivity contribution < 1.29 is 9.53 Å². The average Bonchev–Trinajstić information content (AvgIpc) is 2.16. The lowest BCUT2D eigenvalue weighted by molar-refractivity contribution is -0.180. The molecule has 1 heterocycles. The number of esters is 1. The Morgan fingerprint density at radius 1 is 1.31 bits per heavy atom. The SMILES string of the molecule is C=C(C)C1(C)CC(=O)OC2(CCCCC2)C1. The van der Waals surface area contributed by atoms with Crippen molar-refractivity contribution in [3.63, 3.8) is 0 Å². The third-order valence-electron chi connectivity index (χ3n) is 4.37. The van der Waals surface area contributed by atoms with Crippen LogP contribution in [0.5, 0.6) is 0 Å². The zero-order chi connectivity index (χ0) is 11.8. The van der Waals surface area contributed by atoms with Crippen molar-refractivity contribution in [2.24, 2.45) is 5.41 Å². The summed E-state index contributed by atoms with van der Waals surface area (Å²) in [4.78, 5) is 11.8. The number of carbonyl (C=O) groups is 1. The van der Waals surface area contributed by atoms with Crippen LogP contribution in [0.3, 0.4) is 0 Å². The lowest BCUT2D eigenvalue weighted by Gasteiger charge is -2.47. The zero-order valence-corrected chi connectivity index (χ0v) is 10.5. The van der Waals surface area contributed by atoms with Crippen LogP contribution in [-0.4, -0.2) is 11.6 Å². The van der Waals surface area contributed by atoms with Crippen LogP contribution in [0, 0.1) is 5.41 Å². The molecule has 2 nitrogen and oxygen atoms in total. The van der Waals surface area contributed by atoms with E-state index in [-0.39, 0.29) is 17.0 Å². The standard InChI is InChI=1S/C14H22O2/c1-11(2)13(3)9-12(15)16-14(10-13)7-5-4-6-8-14/h1,4-10H2,2-3H3.